The molecule has 2 fully saturated rings. The smallest absolute Gasteiger partial charge is 0.337 e. The lowest BCUT2D eigenvalue weighted by molar-refractivity contribution is 0.0600. The van der Waals surface area contributed by atoms with Gasteiger partial charge in [-0.05, 0) is 60.9 Å². The molecule has 0 atom stereocenters. The first-order valence-electron chi connectivity index (χ1n) is 11.2. The van der Waals surface area contributed by atoms with Gasteiger partial charge < -0.3 is 19.7 Å². The van der Waals surface area contributed by atoms with Crippen molar-refractivity contribution in [3.05, 3.63) is 88.3 Å². The molecule has 0 radical (unpaired) electrons. The summed E-state index contributed by atoms with van der Waals surface area (Å²) in [5.41, 5.74) is 1.27. The molecule has 1 N–H and O–H groups in total. The molecule has 2 aliphatic rings. The van der Waals surface area contributed by atoms with Crippen LogP contribution in [0.5, 0.6) is 5.75 Å². The van der Waals surface area contributed by atoms with Gasteiger partial charge in [-0.15, -0.1) is 0 Å². The molecule has 7 nitrogen and oxygen atoms in total. The fourth-order valence-corrected chi connectivity index (χ4v) is 4.34. The van der Waals surface area contributed by atoms with Gasteiger partial charge >= 0.3 is 5.97 Å². The highest BCUT2D eigenvalue weighted by Gasteiger charge is 2.46. The Morgan fingerprint density at radius 1 is 1.11 bits per heavy atom. The van der Waals surface area contributed by atoms with E-state index in [1.54, 1.807) is 30.3 Å². The van der Waals surface area contributed by atoms with Crippen LogP contribution in [0.2, 0.25) is 5.02 Å². The Morgan fingerprint density at radius 2 is 1.80 bits per heavy atom. The summed E-state index contributed by atoms with van der Waals surface area (Å²) in [7, 11) is 1.34. The first kappa shape index (κ1) is 23.1. The minimum atomic E-state index is -0.492. The number of rotatable bonds is 7. The predicted molar refractivity (Wildman–Crippen MR) is 128 cm³/mol. The number of hydrogen-bond donors (Lipinski definition) is 1. The molecule has 180 valence electrons. The largest absolute Gasteiger partial charge is 0.487 e. The molecular weight excluding hydrogens is 473 g/mol. The van der Waals surface area contributed by atoms with E-state index < -0.39 is 11.5 Å². The van der Waals surface area contributed by atoms with Gasteiger partial charge in [-0.2, -0.15) is 0 Å². The van der Waals surface area contributed by atoms with Crippen LogP contribution in [0.25, 0.3) is 0 Å². The lowest BCUT2D eigenvalue weighted by Gasteiger charge is -2.40. The van der Waals surface area contributed by atoms with E-state index >= 15 is 0 Å². The quantitative estimate of drug-likeness (QED) is 0.491. The van der Waals surface area contributed by atoms with Crippen LogP contribution >= 0.6 is 11.6 Å². The van der Waals surface area contributed by atoms with E-state index in [4.69, 9.17) is 21.1 Å². The fraction of sp³-hybridized carbons (Fsp3) is 0.269. The normalized spacial score (nSPS) is 16.3. The standard InChI is InChI=1S/C26H23ClFN3O4/c1-34-25(33)16-2-4-17(5-3-16)26(10-11-26)30-24(32)22-12-18(27)13-29-23(22)31-14-21(15-31)35-20-8-6-19(28)7-9-20/h2-9,12-13,21H,10-11,14-15H2,1H3,(H,30,32). The molecule has 5 rings (SSSR count). The molecule has 1 aromatic heterocycles. The zero-order valence-corrected chi connectivity index (χ0v) is 19.7. The minimum Gasteiger partial charge on any atom is -0.487 e. The van der Waals surface area contributed by atoms with Crippen LogP contribution in [-0.4, -0.2) is 43.2 Å². The molecule has 3 aromatic rings. The number of halogens is 2. The average Bonchev–Trinajstić information content (AvgIpc) is 3.62. The zero-order valence-electron chi connectivity index (χ0n) is 19.0. The summed E-state index contributed by atoms with van der Waals surface area (Å²) in [5.74, 6) is 0.125. The van der Waals surface area contributed by atoms with E-state index in [-0.39, 0.29) is 17.8 Å². The second kappa shape index (κ2) is 9.19. The first-order chi connectivity index (χ1) is 16.9. The zero-order chi connectivity index (χ0) is 24.6. The van der Waals surface area contributed by atoms with Crippen molar-refractivity contribution in [3.8, 4) is 5.75 Å². The van der Waals surface area contributed by atoms with E-state index in [1.165, 1.54) is 25.4 Å². The van der Waals surface area contributed by atoms with Gasteiger partial charge in [0, 0.05) is 6.20 Å². The van der Waals surface area contributed by atoms with Crippen LogP contribution in [0.3, 0.4) is 0 Å². The number of esters is 1. The van der Waals surface area contributed by atoms with Crippen LogP contribution in [-0.2, 0) is 10.3 Å². The maximum atomic E-state index is 13.3. The number of hydrogen-bond acceptors (Lipinski definition) is 6. The van der Waals surface area contributed by atoms with Crippen LogP contribution < -0.4 is 15.0 Å². The Labute approximate surface area is 206 Å². The number of ether oxygens (including phenoxy) is 2. The SMILES string of the molecule is COC(=O)c1ccc(C2(NC(=O)c3cc(Cl)cnc3N3CC(Oc4ccc(F)cc4)C3)CC2)cc1. The van der Waals surface area contributed by atoms with Crippen molar-refractivity contribution >= 4 is 29.3 Å². The van der Waals surface area contributed by atoms with Crippen molar-refractivity contribution in [1.82, 2.24) is 10.3 Å². The Hall–Kier alpha value is -3.65. The van der Waals surface area contributed by atoms with Crippen LogP contribution in [0, 0.1) is 5.82 Å². The number of pyridine rings is 1. The highest BCUT2D eigenvalue weighted by atomic mass is 35.5. The molecule has 9 heteroatoms. The molecule has 1 aliphatic carbocycles. The number of methoxy groups -OCH3 is 1. The molecule has 1 amide bonds. The summed E-state index contributed by atoms with van der Waals surface area (Å²) in [6.07, 6.45) is 2.99. The van der Waals surface area contributed by atoms with Crippen molar-refractivity contribution in [2.45, 2.75) is 24.5 Å². The van der Waals surface area contributed by atoms with Gasteiger partial charge in [-0.25, -0.2) is 14.2 Å². The maximum Gasteiger partial charge on any atom is 0.337 e. The lowest BCUT2D eigenvalue weighted by atomic mass is 10.0. The maximum absolute atomic E-state index is 13.3. The van der Waals surface area contributed by atoms with Crippen molar-refractivity contribution < 1.29 is 23.5 Å². The molecule has 1 saturated heterocycles. The molecule has 0 spiro atoms. The minimum absolute atomic E-state index is 0.100. The van der Waals surface area contributed by atoms with E-state index in [1.807, 2.05) is 17.0 Å². The number of carbonyl (C=O) groups is 2. The van der Waals surface area contributed by atoms with E-state index in [9.17, 15) is 14.0 Å². The molecular formula is C26H23ClFN3O4. The second-order valence-corrected chi connectivity index (χ2v) is 9.17. The Balaban J connectivity index is 1.28. The fourth-order valence-electron chi connectivity index (χ4n) is 4.18. The van der Waals surface area contributed by atoms with Crippen molar-refractivity contribution in [2.24, 2.45) is 0 Å². The predicted octanol–water partition coefficient (Wildman–Crippen LogP) is 4.35. The number of nitrogens with zero attached hydrogens (tertiary/aromatic N) is 2. The topological polar surface area (TPSA) is 80.8 Å². The van der Waals surface area contributed by atoms with Crippen molar-refractivity contribution in [1.29, 1.82) is 0 Å². The van der Waals surface area contributed by atoms with Gasteiger partial charge in [-0.1, -0.05) is 23.7 Å². The van der Waals surface area contributed by atoms with Crippen LogP contribution in [0.4, 0.5) is 10.2 Å². The number of amides is 1. The molecule has 2 aromatic carbocycles. The number of carbonyl (C=O) groups excluding carboxylic acids is 2. The highest BCUT2D eigenvalue weighted by molar-refractivity contribution is 6.31. The van der Waals surface area contributed by atoms with Crippen LogP contribution in [0.1, 0.15) is 39.1 Å². The van der Waals surface area contributed by atoms with E-state index in [0.717, 1.165) is 18.4 Å². The number of nitrogens with one attached hydrogen (secondary N) is 1. The Kier molecular flexibility index (Phi) is 6.06. The van der Waals surface area contributed by atoms with Crippen LogP contribution in [0.15, 0.2) is 60.8 Å². The monoisotopic (exact) mass is 495 g/mol. The molecule has 1 saturated carbocycles. The summed E-state index contributed by atoms with van der Waals surface area (Å²) in [4.78, 5) is 31.4. The molecule has 35 heavy (non-hydrogen) atoms. The third-order valence-electron chi connectivity index (χ3n) is 6.30. The first-order valence-corrected chi connectivity index (χ1v) is 11.6. The number of benzene rings is 2. The molecule has 1 aliphatic heterocycles. The van der Waals surface area contributed by atoms with Gasteiger partial charge in [0.15, 0.2) is 0 Å². The summed E-state index contributed by atoms with van der Waals surface area (Å²) in [5, 5.41) is 3.51. The third kappa shape index (κ3) is 4.79. The van der Waals surface area contributed by atoms with Gasteiger partial charge in [0.25, 0.3) is 5.91 Å². The lowest BCUT2D eigenvalue weighted by Crippen LogP contribution is -2.55. The third-order valence-corrected chi connectivity index (χ3v) is 6.51. The molecule has 0 bridgehead atoms. The van der Waals surface area contributed by atoms with Crippen molar-refractivity contribution in [2.75, 3.05) is 25.1 Å². The van der Waals surface area contributed by atoms with E-state index in [2.05, 4.69) is 10.3 Å². The molecule has 0 unspecified atom stereocenters. The Morgan fingerprint density at radius 3 is 2.43 bits per heavy atom. The highest BCUT2D eigenvalue weighted by Crippen LogP contribution is 2.46. The summed E-state index contributed by atoms with van der Waals surface area (Å²) in [6, 6.07) is 14.6. The second-order valence-electron chi connectivity index (χ2n) is 8.73. The van der Waals surface area contributed by atoms with Gasteiger partial charge in [-0.3, -0.25) is 4.79 Å². The summed E-state index contributed by atoms with van der Waals surface area (Å²) < 4.78 is 23.7. The van der Waals surface area contributed by atoms with Gasteiger partial charge in [0.1, 0.15) is 23.5 Å². The summed E-state index contributed by atoms with van der Waals surface area (Å²) >= 11 is 6.18. The van der Waals surface area contributed by atoms with Gasteiger partial charge in [0.2, 0.25) is 0 Å². The Bertz CT molecular complexity index is 1260. The van der Waals surface area contributed by atoms with Gasteiger partial charge in [0.05, 0.1) is 41.9 Å². The summed E-state index contributed by atoms with van der Waals surface area (Å²) in [6.45, 7) is 1.07. The number of anilines is 1. The number of aromatic nitrogens is 1. The van der Waals surface area contributed by atoms with Crippen molar-refractivity contribution in [3.63, 3.8) is 0 Å². The van der Waals surface area contributed by atoms with E-state index in [0.29, 0.717) is 40.8 Å². The molecule has 2 heterocycles. The average molecular weight is 496 g/mol.